The van der Waals surface area contributed by atoms with E-state index in [2.05, 4.69) is 0 Å². The molecule has 1 saturated carbocycles. The highest BCUT2D eigenvalue weighted by molar-refractivity contribution is 5.97. The largest absolute Gasteiger partial charge is 0.450 e. The molecule has 132 valence electrons. The third-order valence-electron chi connectivity index (χ3n) is 4.95. The van der Waals surface area contributed by atoms with Crippen molar-refractivity contribution in [2.75, 3.05) is 0 Å². The third kappa shape index (κ3) is 3.27. The molecule has 3 aromatic rings. The van der Waals surface area contributed by atoms with Gasteiger partial charge in [0.2, 0.25) is 0 Å². The monoisotopic (exact) mass is 347 g/mol. The Bertz CT molecular complexity index is 942. The lowest BCUT2D eigenvalue weighted by atomic mass is 9.96. The summed E-state index contributed by atoms with van der Waals surface area (Å²) in [5.74, 6) is -0.382. The number of esters is 1. The number of ether oxygens (including phenoxy) is 1. The maximum absolute atomic E-state index is 12.8. The van der Waals surface area contributed by atoms with Crippen molar-refractivity contribution < 1.29 is 14.3 Å². The normalized spacial score (nSPS) is 17.4. The molecule has 4 rings (SSSR count). The summed E-state index contributed by atoms with van der Waals surface area (Å²) in [6.07, 6.45) is 2.35. The fraction of sp³-hybridized carbons (Fsp3) is 0.273. The standard InChI is InChI=1S/C22H21NO3/c24-20-12-6-7-13-21(20)26-22(25)19-14-17-10-4-5-11-18(17)23(19)15-16-8-2-1-3-9-16/h1-5,8-11,14,21H,6-7,12-13,15H2. The van der Waals surface area contributed by atoms with Gasteiger partial charge in [0.1, 0.15) is 5.69 Å². The molecule has 4 heteroatoms. The number of hydrogen-bond acceptors (Lipinski definition) is 3. The molecule has 0 radical (unpaired) electrons. The van der Waals surface area contributed by atoms with Gasteiger partial charge in [0, 0.05) is 23.9 Å². The highest BCUT2D eigenvalue weighted by atomic mass is 16.5. The van der Waals surface area contributed by atoms with E-state index in [1.165, 1.54) is 0 Å². The van der Waals surface area contributed by atoms with Gasteiger partial charge < -0.3 is 9.30 Å². The molecular weight excluding hydrogens is 326 g/mol. The lowest BCUT2D eigenvalue weighted by Gasteiger charge is -2.21. The van der Waals surface area contributed by atoms with Gasteiger partial charge in [-0.2, -0.15) is 0 Å². The summed E-state index contributed by atoms with van der Waals surface area (Å²) in [5, 5.41) is 0.991. The Balaban J connectivity index is 1.68. The summed E-state index contributed by atoms with van der Waals surface area (Å²) in [4.78, 5) is 24.9. The van der Waals surface area contributed by atoms with Crippen LogP contribution in [0.4, 0.5) is 0 Å². The van der Waals surface area contributed by atoms with Crippen molar-refractivity contribution in [1.82, 2.24) is 4.57 Å². The second kappa shape index (κ2) is 7.16. The van der Waals surface area contributed by atoms with Gasteiger partial charge in [-0.3, -0.25) is 4.79 Å². The number of para-hydroxylation sites is 1. The Hall–Kier alpha value is -2.88. The van der Waals surface area contributed by atoms with Gasteiger partial charge in [0.05, 0.1) is 0 Å². The van der Waals surface area contributed by atoms with Crippen molar-refractivity contribution >= 4 is 22.7 Å². The summed E-state index contributed by atoms with van der Waals surface area (Å²) in [6, 6.07) is 19.8. The smallest absolute Gasteiger partial charge is 0.355 e. The van der Waals surface area contributed by atoms with Crippen molar-refractivity contribution in [1.29, 1.82) is 0 Å². The lowest BCUT2D eigenvalue weighted by molar-refractivity contribution is -0.129. The number of rotatable bonds is 4. The number of fused-ring (bicyclic) bond motifs is 1. The average Bonchev–Trinajstić information content (AvgIpc) is 3.03. The van der Waals surface area contributed by atoms with E-state index in [4.69, 9.17) is 4.74 Å². The van der Waals surface area contributed by atoms with E-state index in [0.717, 1.165) is 29.3 Å². The van der Waals surface area contributed by atoms with Crippen LogP contribution in [0.5, 0.6) is 0 Å². The molecular formula is C22H21NO3. The Kier molecular flexibility index (Phi) is 4.57. The van der Waals surface area contributed by atoms with E-state index in [-0.39, 0.29) is 5.78 Å². The van der Waals surface area contributed by atoms with E-state index >= 15 is 0 Å². The maximum Gasteiger partial charge on any atom is 0.355 e. The van der Waals surface area contributed by atoms with Crippen LogP contribution in [0.1, 0.15) is 41.7 Å². The first kappa shape index (κ1) is 16.6. The van der Waals surface area contributed by atoms with Gasteiger partial charge in [-0.25, -0.2) is 4.79 Å². The topological polar surface area (TPSA) is 48.3 Å². The molecule has 1 unspecified atom stereocenters. The molecule has 0 aliphatic heterocycles. The van der Waals surface area contributed by atoms with Crippen LogP contribution >= 0.6 is 0 Å². The quantitative estimate of drug-likeness (QED) is 0.659. The fourth-order valence-corrected chi connectivity index (χ4v) is 3.58. The Labute approximate surface area is 152 Å². The van der Waals surface area contributed by atoms with Crippen LogP contribution in [0.2, 0.25) is 0 Å². The third-order valence-corrected chi connectivity index (χ3v) is 4.95. The number of nitrogens with zero attached hydrogens (tertiary/aromatic N) is 1. The first-order chi connectivity index (χ1) is 12.7. The molecule has 4 nitrogen and oxygen atoms in total. The highest BCUT2D eigenvalue weighted by Gasteiger charge is 2.27. The number of Topliss-reactive ketones (excluding diaryl/α,β-unsaturated/α-hetero) is 1. The van der Waals surface area contributed by atoms with Gasteiger partial charge in [-0.15, -0.1) is 0 Å². The van der Waals surface area contributed by atoms with Crippen molar-refractivity contribution in [2.24, 2.45) is 0 Å². The zero-order chi connectivity index (χ0) is 17.9. The van der Waals surface area contributed by atoms with Crippen molar-refractivity contribution in [3.05, 3.63) is 71.9 Å². The van der Waals surface area contributed by atoms with Crippen LogP contribution in [0.15, 0.2) is 60.7 Å². The van der Waals surface area contributed by atoms with Gasteiger partial charge in [0.15, 0.2) is 11.9 Å². The lowest BCUT2D eigenvalue weighted by Crippen LogP contribution is -2.30. The van der Waals surface area contributed by atoms with Gasteiger partial charge in [0.25, 0.3) is 0 Å². The Morgan fingerprint density at radius 1 is 1.04 bits per heavy atom. The van der Waals surface area contributed by atoms with Crippen LogP contribution in [-0.2, 0) is 16.1 Å². The number of hydrogen-bond donors (Lipinski definition) is 0. The minimum atomic E-state index is -0.598. The van der Waals surface area contributed by atoms with Gasteiger partial charge in [-0.05, 0) is 37.0 Å². The van der Waals surface area contributed by atoms with E-state index in [9.17, 15) is 9.59 Å². The molecule has 0 spiro atoms. The summed E-state index contributed by atoms with van der Waals surface area (Å²) >= 11 is 0. The maximum atomic E-state index is 12.8. The molecule has 1 aliphatic carbocycles. The Morgan fingerprint density at radius 2 is 1.81 bits per heavy atom. The molecule has 1 aliphatic rings. The van der Waals surface area contributed by atoms with Crippen LogP contribution in [-0.4, -0.2) is 22.4 Å². The number of ketones is 1. The minimum absolute atomic E-state index is 0.0373. The summed E-state index contributed by atoms with van der Waals surface area (Å²) in [7, 11) is 0. The molecule has 1 heterocycles. The molecule has 0 N–H and O–H groups in total. The van der Waals surface area contributed by atoms with Crippen LogP contribution in [0, 0.1) is 0 Å². The predicted molar refractivity (Wildman–Crippen MR) is 100 cm³/mol. The Morgan fingerprint density at radius 3 is 2.62 bits per heavy atom. The van der Waals surface area contributed by atoms with E-state index in [0.29, 0.717) is 25.1 Å². The van der Waals surface area contributed by atoms with Crippen LogP contribution in [0.25, 0.3) is 10.9 Å². The molecule has 0 saturated heterocycles. The predicted octanol–water partition coefficient (Wildman–Crippen LogP) is 4.36. The summed E-state index contributed by atoms with van der Waals surface area (Å²) in [6.45, 7) is 0.581. The van der Waals surface area contributed by atoms with Gasteiger partial charge in [-0.1, -0.05) is 48.5 Å². The van der Waals surface area contributed by atoms with E-state index in [1.54, 1.807) is 0 Å². The van der Waals surface area contributed by atoms with Crippen LogP contribution in [0.3, 0.4) is 0 Å². The summed E-state index contributed by atoms with van der Waals surface area (Å²) < 4.78 is 7.56. The van der Waals surface area contributed by atoms with Gasteiger partial charge >= 0.3 is 5.97 Å². The van der Waals surface area contributed by atoms with E-state index < -0.39 is 12.1 Å². The van der Waals surface area contributed by atoms with E-state index in [1.807, 2.05) is 65.2 Å². The SMILES string of the molecule is O=C(OC1CCCCC1=O)c1cc2ccccc2n1Cc1ccccc1. The number of carbonyl (C=O) groups excluding carboxylic acids is 2. The second-order valence-corrected chi connectivity index (χ2v) is 6.77. The molecule has 0 bridgehead atoms. The second-order valence-electron chi connectivity index (χ2n) is 6.77. The van der Waals surface area contributed by atoms with Crippen LogP contribution < -0.4 is 0 Å². The average molecular weight is 347 g/mol. The molecule has 1 aromatic heterocycles. The summed E-state index contributed by atoms with van der Waals surface area (Å²) in [5.41, 5.74) is 2.59. The zero-order valence-electron chi connectivity index (χ0n) is 14.6. The molecule has 1 atom stereocenters. The number of benzene rings is 2. The van der Waals surface area contributed by atoms with Crippen molar-refractivity contribution in [2.45, 2.75) is 38.3 Å². The molecule has 2 aromatic carbocycles. The molecule has 0 amide bonds. The number of aromatic nitrogens is 1. The molecule has 1 fully saturated rings. The van der Waals surface area contributed by atoms with Crippen molar-refractivity contribution in [3.8, 4) is 0 Å². The number of carbonyl (C=O) groups is 2. The zero-order valence-corrected chi connectivity index (χ0v) is 14.6. The van der Waals surface area contributed by atoms with Crippen molar-refractivity contribution in [3.63, 3.8) is 0 Å². The first-order valence-corrected chi connectivity index (χ1v) is 9.08. The fourth-order valence-electron chi connectivity index (χ4n) is 3.58. The minimum Gasteiger partial charge on any atom is -0.450 e. The first-order valence-electron chi connectivity index (χ1n) is 9.08. The molecule has 26 heavy (non-hydrogen) atoms. The highest BCUT2D eigenvalue weighted by Crippen LogP contribution is 2.24.